The van der Waals surface area contributed by atoms with Gasteiger partial charge in [-0.2, -0.15) is 0 Å². The van der Waals surface area contributed by atoms with Gasteiger partial charge < -0.3 is 4.74 Å². The molecule has 2 aromatic carbocycles. The average molecular weight is 405 g/mol. The van der Waals surface area contributed by atoms with Crippen LogP contribution in [0.1, 0.15) is 92.6 Å². The Bertz CT molecular complexity index is 943. The number of methoxy groups -OCH3 is 1. The van der Waals surface area contributed by atoms with Crippen molar-refractivity contribution in [2.45, 2.75) is 71.6 Å². The monoisotopic (exact) mass is 404 g/mol. The summed E-state index contributed by atoms with van der Waals surface area (Å²) >= 11 is 0. The van der Waals surface area contributed by atoms with Crippen LogP contribution in [-0.2, 0) is 22.0 Å². The Morgan fingerprint density at radius 1 is 1.00 bits per heavy atom. The van der Waals surface area contributed by atoms with Gasteiger partial charge in [0.15, 0.2) is 0 Å². The predicted octanol–water partition coefficient (Wildman–Crippen LogP) is 7.19. The van der Waals surface area contributed by atoms with E-state index in [4.69, 9.17) is 4.74 Å². The zero-order chi connectivity index (χ0) is 22.1. The van der Waals surface area contributed by atoms with Gasteiger partial charge in [-0.3, -0.25) is 0 Å². The summed E-state index contributed by atoms with van der Waals surface area (Å²) in [5.74, 6) is 0.385. The van der Waals surface area contributed by atoms with E-state index in [0.717, 1.165) is 12.0 Å². The molecular formula is C28H36O2. The summed E-state index contributed by atoms with van der Waals surface area (Å²) in [7, 11) is 1.41. The topological polar surface area (TPSA) is 26.3 Å². The number of hydrogen-bond donors (Lipinski definition) is 0. The molecule has 0 fully saturated rings. The van der Waals surface area contributed by atoms with Gasteiger partial charge in [-0.05, 0) is 76.0 Å². The highest BCUT2D eigenvalue weighted by molar-refractivity contribution is 5.89. The highest BCUT2D eigenvalue weighted by Crippen LogP contribution is 2.50. The van der Waals surface area contributed by atoms with E-state index >= 15 is 0 Å². The maximum absolute atomic E-state index is 11.7. The summed E-state index contributed by atoms with van der Waals surface area (Å²) in [5, 5.41) is 0. The lowest BCUT2D eigenvalue weighted by Crippen LogP contribution is -2.18. The van der Waals surface area contributed by atoms with Crippen molar-refractivity contribution in [3.05, 3.63) is 69.8 Å². The molecule has 0 atom stereocenters. The highest BCUT2D eigenvalue weighted by atomic mass is 16.5. The Kier molecular flexibility index (Phi) is 6.26. The Morgan fingerprint density at radius 3 is 2.17 bits per heavy atom. The number of hydrogen-bond acceptors (Lipinski definition) is 2. The molecule has 2 heteroatoms. The Labute approximate surface area is 182 Å². The minimum absolute atomic E-state index is 0.195. The fourth-order valence-corrected chi connectivity index (χ4v) is 4.93. The molecule has 30 heavy (non-hydrogen) atoms. The Hall–Kier alpha value is -2.35. The smallest absolute Gasteiger partial charge is 0.337 e. The number of rotatable bonds is 6. The fraction of sp³-hybridized carbons (Fsp3) is 0.464. The first-order chi connectivity index (χ1) is 14.0. The normalized spacial score (nSPS) is 16.8. The maximum atomic E-state index is 11.7. The van der Waals surface area contributed by atoms with Crippen molar-refractivity contribution >= 4 is 18.1 Å². The molecule has 2 nitrogen and oxygen atoms in total. The van der Waals surface area contributed by atoms with Crippen LogP contribution in [-0.4, -0.2) is 13.1 Å². The fourth-order valence-electron chi connectivity index (χ4n) is 4.93. The maximum Gasteiger partial charge on any atom is 0.337 e. The minimum atomic E-state index is -0.301. The number of carbonyl (C=O) groups is 1. The summed E-state index contributed by atoms with van der Waals surface area (Å²) in [6.45, 7) is 14.1. The molecule has 1 aliphatic rings. The minimum Gasteiger partial charge on any atom is -0.465 e. The van der Waals surface area contributed by atoms with Crippen molar-refractivity contribution in [2.24, 2.45) is 5.92 Å². The van der Waals surface area contributed by atoms with Gasteiger partial charge in [0, 0.05) is 0 Å². The third kappa shape index (κ3) is 4.69. The summed E-state index contributed by atoms with van der Waals surface area (Å²) in [6, 6.07) is 12.5. The van der Waals surface area contributed by atoms with Crippen molar-refractivity contribution < 1.29 is 9.53 Å². The Balaban J connectivity index is 1.98. The van der Waals surface area contributed by atoms with Crippen LogP contribution in [0, 0.1) is 5.92 Å². The molecule has 0 bridgehead atoms. The van der Waals surface area contributed by atoms with Crippen LogP contribution in [0.4, 0.5) is 0 Å². The predicted molar refractivity (Wildman–Crippen MR) is 127 cm³/mol. The standard InChI is InChI=1S/C28H36O2/c1-19(2)8-12-22-16-24-25(28(5,6)18-27(24,3)4)17-23(22)15-11-20-9-13-21(14-10-20)26(29)30-7/h9-11,13-17,19H,8,12,18H2,1-7H3/b15-11+. The molecule has 0 N–H and O–H groups in total. The third-order valence-corrected chi connectivity index (χ3v) is 6.40. The van der Waals surface area contributed by atoms with Gasteiger partial charge in [0.1, 0.15) is 0 Å². The number of carbonyl (C=O) groups excluding carboxylic acids is 1. The molecule has 0 unspecified atom stereocenters. The number of fused-ring (bicyclic) bond motifs is 1. The van der Waals surface area contributed by atoms with Crippen LogP contribution in [0.2, 0.25) is 0 Å². The van der Waals surface area contributed by atoms with Crippen molar-refractivity contribution in [3.8, 4) is 0 Å². The van der Waals surface area contributed by atoms with Gasteiger partial charge in [-0.15, -0.1) is 0 Å². The number of esters is 1. The van der Waals surface area contributed by atoms with Crippen LogP contribution in [0.15, 0.2) is 36.4 Å². The number of aryl methyl sites for hydroxylation is 1. The van der Waals surface area contributed by atoms with Crippen LogP contribution < -0.4 is 0 Å². The molecule has 0 saturated heterocycles. The van der Waals surface area contributed by atoms with Gasteiger partial charge in [-0.1, -0.05) is 78.0 Å². The second-order valence-corrected chi connectivity index (χ2v) is 10.4. The highest BCUT2D eigenvalue weighted by Gasteiger charge is 2.42. The van der Waals surface area contributed by atoms with E-state index < -0.39 is 0 Å². The zero-order valence-electron chi connectivity index (χ0n) is 19.6. The lowest BCUT2D eigenvalue weighted by atomic mass is 9.82. The van der Waals surface area contributed by atoms with Crippen LogP contribution in [0.25, 0.3) is 12.2 Å². The molecule has 0 spiro atoms. The van der Waals surface area contributed by atoms with E-state index in [2.05, 4.69) is 65.8 Å². The quantitative estimate of drug-likeness (QED) is 0.376. The molecule has 0 heterocycles. The Morgan fingerprint density at radius 2 is 1.60 bits per heavy atom. The molecule has 0 amide bonds. The van der Waals surface area contributed by atoms with Gasteiger partial charge in [0.05, 0.1) is 12.7 Å². The molecule has 2 aromatic rings. The summed E-state index contributed by atoms with van der Waals surface area (Å²) in [4.78, 5) is 11.7. The SMILES string of the molecule is COC(=O)c1ccc(/C=C/c2cc3c(cc2CCC(C)C)C(C)(C)CC3(C)C)cc1. The first-order valence-corrected chi connectivity index (χ1v) is 11.1. The molecule has 160 valence electrons. The lowest BCUT2D eigenvalue weighted by molar-refractivity contribution is 0.0600. The largest absolute Gasteiger partial charge is 0.465 e. The molecular weight excluding hydrogens is 368 g/mol. The zero-order valence-corrected chi connectivity index (χ0v) is 19.6. The summed E-state index contributed by atoms with van der Waals surface area (Å²) in [5.41, 5.74) is 7.84. The van der Waals surface area contributed by atoms with Crippen molar-refractivity contribution in [1.82, 2.24) is 0 Å². The van der Waals surface area contributed by atoms with Crippen LogP contribution in [0.5, 0.6) is 0 Å². The van der Waals surface area contributed by atoms with E-state index in [0.29, 0.717) is 11.5 Å². The van der Waals surface area contributed by atoms with Crippen LogP contribution >= 0.6 is 0 Å². The summed E-state index contributed by atoms with van der Waals surface area (Å²) in [6.07, 6.45) is 7.86. The summed E-state index contributed by atoms with van der Waals surface area (Å²) < 4.78 is 4.79. The van der Waals surface area contributed by atoms with Crippen molar-refractivity contribution in [2.75, 3.05) is 7.11 Å². The average Bonchev–Trinajstić information content (AvgIpc) is 2.87. The van der Waals surface area contributed by atoms with Gasteiger partial charge >= 0.3 is 5.97 Å². The van der Waals surface area contributed by atoms with E-state index in [-0.39, 0.29) is 16.8 Å². The van der Waals surface area contributed by atoms with E-state index in [1.54, 1.807) is 0 Å². The molecule has 0 saturated carbocycles. The van der Waals surface area contributed by atoms with Crippen molar-refractivity contribution in [1.29, 1.82) is 0 Å². The second-order valence-electron chi connectivity index (χ2n) is 10.4. The molecule has 0 aromatic heterocycles. The first kappa shape index (κ1) is 22.3. The van der Waals surface area contributed by atoms with Gasteiger partial charge in [0.2, 0.25) is 0 Å². The molecule has 1 aliphatic carbocycles. The molecule has 0 radical (unpaired) electrons. The second kappa shape index (κ2) is 8.41. The van der Waals surface area contributed by atoms with E-state index in [1.807, 2.05) is 24.3 Å². The molecule has 3 rings (SSSR count). The lowest BCUT2D eigenvalue weighted by Gasteiger charge is -2.22. The van der Waals surface area contributed by atoms with Gasteiger partial charge in [0.25, 0.3) is 0 Å². The van der Waals surface area contributed by atoms with Crippen molar-refractivity contribution in [3.63, 3.8) is 0 Å². The van der Waals surface area contributed by atoms with Crippen LogP contribution in [0.3, 0.4) is 0 Å². The number of benzene rings is 2. The van der Waals surface area contributed by atoms with E-state index in [9.17, 15) is 4.79 Å². The van der Waals surface area contributed by atoms with E-state index in [1.165, 1.54) is 42.2 Å². The first-order valence-electron chi connectivity index (χ1n) is 11.1. The molecule has 0 aliphatic heterocycles. The number of ether oxygens (including phenoxy) is 1. The van der Waals surface area contributed by atoms with Gasteiger partial charge in [-0.25, -0.2) is 4.79 Å². The third-order valence-electron chi connectivity index (χ3n) is 6.40.